The maximum Gasteiger partial charge on any atom is 0.0587 e. The third kappa shape index (κ3) is 3.55. The van der Waals surface area contributed by atoms with Gasteiger partial charge in [-0.2, -0.15) is 0 Å². The molecule has 0 aromatic heterocycles. The smallest absolute Gasteiger partial charge is 0.0587 e. The van der Waals surface area contributed by atoms with E-state index in [2.05, 4.69) is 52.2 Å². The van der Waals surface area contributed by atoms with Gasteiger partial charge >= 0.3 is 0 Å². The molecule has 1 N–H and O–H groups in total. The Bertz CT molecular complexity index is 435. The molecule has 0 bridgehead atoms. The number of fused-ring (bicyclic) bond motifs is 1. The normalized spacial score (nSPS) is 31.3. The molecule has 2 fully saturated rings. The van der Waals surface area contributed by atoms with E-state index in [0.29, 0.717) is 5.41 Å². The number of methoxy groups -OCH3 is 1. The summed E-state index contributed by atoms with van der Waals surface area (Å²) < 4.78 is 6.46. The van der Waals surface area contributed by atoms with Crippen molar-refractivity contribution in [3.05, 3.63) is 33.4 Å². The molecule has 2 saturated carbocycles. The van der Waals surface area contributed by atoms with Crippen LogP contribution >= 0.6 is 22.6 Å². The summed E-state index contributed by atoms with van der Waals surface area (Å²) in [6, 6.07) is 9.08. The SMILES string of the molecule is COCCNCC1(Cc2ccc(I)cc2)CC2CC2C1. The zero-order chi connectivity index (χ0) is 14.0. The molecule has 110 valence electrons. The molecule has 0 amide bonds. The van der Waals surface area contributed by atoms with Crippen molar-refractivity contribution in [2.45, 2.75) is 25.7 Å². The predicted molar refractivity (Wildman–Crippen MR) is 90.9 cm³/mol. The standard InChI is InChI=1S/C17H24INO/c1-20-7-6-19-12-17(10-14-8-15(14)11-17)9-13-2-4-16(18)5-3-13/h2-5,14-15,19H,6-12H2,1H3. The molecule has 2 nitrogen and oxygen atoms in total. The maximum absolute atomic E-state index is 5.14. The van der Waals surface area contributed by atoms with Gasteiger partial charge in [0.15, 0.2) is 0 Å². The van der Waals surface area contributed by atoms with E-state index in [1.165, 1.54) is 34.8 Å². The van der Waals surface area contributed by atoms with Gasteiger partial charge in [0.25, 0.3) is 0 Å². The van der Waals surface area contributed by atoms with Gasteiger partial charge in [-0.3, -0.25) is 0 Å². The summed E-state index contributed by atoms with van der Waals surface area (Å²) in [6.07, 6.45) is 5.57. The number of hydrogen-bond donors (Lipinski definition) is 1. The summed E-state index contributed by atoms with van der Waals surface area (Å²) in [4.78, 5) is 0. The van der Waals surface area contributed by atoms with Crippen LogP contribution in [-0.4, -0.2) is 26.8 Å². The highest BCUT2D eigenvalue weighted by Gasteiger charge is 2.53. The van der Waals surface area contributed by atoms with Gasteiger partial charge < -0.3 is 10.1 Å². The molecule has 0 spiro atoms. The lowest BCUT2D eigenvalue weighted by Gasteiger charge is -2.31. The van der Waals surface area contributed by atoms with Gasteiger partial charge in [-0.25, -0.2) is 0 Å². The second kappa shape index (κ2) is 6.32. The van der Waals surface area contributed by atoms with Gasteiger partial charge in [-0.1, -0.05) is 12.1 Å². The average Bonchev–Trinajstić information content (AvgIpc) is 3.06. The Morgan fingerprint density at radius 2 is 1.95 bits per heavy atom. The van der Waals surface area contributed by atoms with Crippen LogP contribution in [0.5, 0.6) is 0 Å². The topological polar surface area (TPSA) is 21.3 Å². The van der Waals surface area contributed by atoms with Crippen molar-refractivity contribution in [3.8, 4) is 0 Å². The lowest BCUT2D eigenvalue weighted by molar-refractivity contribution is 0.186. The minimum absolute atomic E-state index is 0.494. The van der Waals surface area contributed by atoms with Crippen molar-refractivity contribution >= 4 is 22.6 Å². The Balaban J connectivity index is 1.62. The van der Waals surface area contributed by atoms with Crippen LogP contribution in [0.25, 0.3) is 0 Å². The largest absolute Gasteiger partial charge is 0.383 e. The average molecular weight is 385 g/mol. The van der Waals surface area contributed by atoms with Gasteiger partial charge in [0.05, 0.1) is 6.61 Å². The van der Waals surface area contributed by atoms with E-state index in [1.54, 1.807) is 7.11 Å². The number of halogens is 1. The molecular weight excluding hydrogens is 361 g/mol. The zero-order valence-corrected chi connectivity index (χ0v) is 14.4. The van der Waals surface area contributed by atoms with E-state index in [4.69, 9.17) is 4.74 Å². The summed E-state index contributed by atoms with van der Waals surface area (Å²) >= 11 is 2.38. The van der Waals surface area contributed by atoms with Crippen molar-refractivity contribution in [1.82, 2.24) is 5.32 Å². The summed E-state index contributed by atoms with van der Waals surface area (Å²) in [7, 11) is 1.77. The lowest BCUT2D eigenvalue weighted by Crippen LogP contribution is -2.36. The van der Waals surface area contributed by atoms with Crippen LogP contribution < -0.4 is 5.32 Å². The second-order valence-electron chi connectivity index (χ2n) is 6.64. The van der Waals surface area contributed by atoms with Gasteiger partial charge in [0.1, 0.15) is 0 Å². The fraction of sp³-hybridized carbons (Fsp3) is 0.647. The van der Waals surface area contributed by atoms with Crippen LogP contribution in [0.4, 0.5) is 0 Å². The number of nitrogens with one attached hydrogen (secondary N) is 1. The number of benzene rings is 1. The summed E-state index contributed by atoms with van der Waals surface area (Å²) in [5.74, 6) is 2.06. The highest BCUT2D eigenvalue weighted by Crippen LogP contribution is 2.60. The Morgan fingerprint density at radius 3 is 2.60 bits per heavy atom. The Morgan fingerprint density at radius 1 is 1.25 bits per heavy atom. The first-order chi connectivity index (χ1) is 9.71. The quantitative estimate of drug-likeness (QED) is 0.573. The lowest BCUT2D eigenvalue weighted by atomic mass is 9.77. The van der Waals surface area contributed by atoms with Gasteiger partial charge in [0, 0.05) is 23.8 Å². The first-order valence-corrected chi connectivity index (χ1v) is 8.73. The molecule has 0 aliphatic heterocycles. The number of hydrogen-bond acceptors (Lipinski definition) is 2. The first-order valence-electron chi connectivity index (χ1n) is 7.65. The molecule has 3 rings (SSSR count). The van der Waals surface area contributed by atoms with E-state index < -0.39 is 0 Å². The maximum atomic E-state index is 5.14. The molecule has 20 heavy (non-hydrogen) atoms. The minimum atomic E-state index is 0.494. The van der Waals surface area contributed by atoms with E-state index >= 15 is 0 Å². The van der Waals surface area contributed by atoms with Crippen LogP contribution in [0, 0.1) is 20.8 Å². The molecule has 0 heterocycles. The second-order valence-corrected chi connectivity index (χ2v) is 7.88. The van der Waals surface area contributed by atoms with Gasteiger partial charge in [-0.05, 0) is 83.2 Å². The van der Waals surface area contributed by atoms with Crippen molar-refractivity contribution in [2.24, 2.45) is 17.3 Å². The number of ether oxygens (including phenoxy) is 1. The molecule has 1 aromatic carbocycles. The van der Waals surface area contributed by atoms with Crippen molar-refractivity contribution in [2.75, 3.05) is 26.8 Å². The van der Waals surface area contributed by atoms with Crippen molar-refractivity contribution in [3.63, 3.8) is 0 Å². The Kier molecular flexibility index (Phi) is 4.68. The van der Waals surface area contributed by atoms with Crippen LogP contribution in [0.1, 0.15) is 24.8 Å². The number of rotatable bonds is 7. The van der Waals surface area contributed by atoms with E-state index in [1.807, 2.05) is 0 Å². The molecule has 2 aliphatic carbocycles. The highest BCUT2D eigenvalue weighted by molar-refractivity contribution is 14.1. The third-order valence-electron chi connectivity index (χ3n) is 4.93. The molecule has 2 atom stereocenters. The van der Waals surface area contributed by atoms with Crippen LogP contribution in [0.15, 0.2) is 24.3 Å². The molecule has 0 radical (unpaired) electrons. The monoisotopic (exact) mass is 385 g/mol. The fourth-order valence-electron chi connectivity index (χ4n) is 3.92. The summed E-state index contributed by atoms with van der Waals surface area (Å²) in [5.41, 5.74) is 1.99. The van der Waals surface area contributed by atoms with Gasteiger partial charge in [-0.15, -0.1) is 0 Å². The Labute approximate surface area is 135 Å². The Hall–Kier alpha value is -0.130. The fourth-order valence-corrected chi connectivity index (χ4v) is 4.28. The molecule has 3 heteroatoms. The zero-order valence-electron chi connectivity index (χ0n) is 12.2. The minimum Gasteiger partial charge on any atom is -0.383 e. The third-order valence-corrected chi connectivity index (χ3v) is 5.65. The van der Waals surface area contributed by atoms with Crippen LogP contribution in [0.2, 0.25) is 0 Å². The van der Waals surface area contributed by atoms with E-state index in [-0.39, 0.29) is 0 Å². The van der Waals surface area contributed by atoms with Crippen LogP contribution in [-0.2, 0) is 11.2 Å². The van der Waals surface area contributed by atoms with Crippen LogP contribution in [0.3, 0.4) is 0 Å². The van der Waals surface area contributed by atoms with E-state index in [0.717, 1.165) is 31.5 Å². The first kappa shape index (κ1) is 14.8. The van der Waals surface area contributed by atoms with E-state index in [9.17, 15) is 0 Å². The predicted octanol–water partition coefficient (Wildman–Crippen LogP) is 3.49. The molecule has 0 saturated heterocycles. The summed E-state index contributed by atoms with van der Waals surface area (Å²) in [6.45, 7) is 2.93. The highest BCUT2D eigenvalue weighted by atomic mass is 127. The molecule has 2 unspecified atom stereocenters. The van der Waals surface area contributed by atoms with Gasteiger partial charge in [0.2, 0.25) is 0 Å². The summed E-state index contributed by atoms with van der Waals surface area (Å²) in [5, 5.41) is 3.62. The van der Waals surface area contributed by atoms with Crippen molar-refractivity contribution < 1.29 is 4.74 Å². The molecular formula is C17H24INO. The molecule has 2 aliphatic rings. The molecule has 1 aromatic rings. The van der Waals surface area contributed by atoms with Crippen molar-refractivity contribution in [1.29, 1.82) is 0 Å².